The van der Waals surface area contributed by atoms with Crippen molar-refractivity contribution in [2.75, 3.05) is 25.0 Å². The number of benzene rings is 1. The van der Waals surface area contributed by atoms with Crippen LogP contribution in [0, 0.1) is 0 Å². The number of nitrogens with one attached hydrogen (secondary N) is 1. The number of fused-ring (bicyclic) bond motifs is 1. The molecule has 2 amide bonds. The second-order valence-corrected chi connectivity index (χ2v) is 14.0. The van der Waals surface area contributed by atoms with E-state index in [1.165, 1.54) is 16.0 Å². The van der Waals surface area contributed by atoms with Crippen LogP contribution in [0.4, 0.5) is 25.2 Å². The zero-order valence-electron chi connectivity index (χ0n) is 25.5. The van der Waals surface area contributed by atoms with E-state index in [4.69, 9.17) is 14.2 Å². The summed E-state index contributed by atoms with van der Waals surface area (Å²) in [6.45, 7) is 16.9. The Bertz CT molecular complexity index is 1460. The van der Waals surface area contributed by atoms with E-state index in [-0.39, 0.29) is 13.1 Å². The molecular formula is C28H39N7O6S. The zero-order valence-corrected chi connectivity index (χ0v) is 26.4. The molecule has 0 aliphatic carbocycles. The highest BCUT2D eigenvalue weighted by Gasteiger charge is 2.39. The lowest BCUT2D eigenvalue weighted by Crippen LogP contribution is -2.54. The Hall–Kier alpha value is -3.94. The van der Waals surface area contributed by atoms with Crippen LogP contribution in [-0.4, -0.2) is 84.5 Å². The number of anilines is 2. The molecular weight excluding hydrogens is 562 g/mol. The molecule has 0 saturated carbocycles. The molecule has 1 fully saturated rings. The molecule has 3 aromatic rings. The topological polar surface area (TPSA) is 141 Å². The first-order valence-electron chi connectivity index (χ1n) is 13.7. The fourth-order valence-electron chi connectivity index (χ4n) is 4.13. The van der Waals surface area contributed by atoms with E-state index >= 15 is 0 Å². The van der Waals surface area contributed by atoms with Crippen molar-refractivity contribution in [3.8, 4) is 0 Å². The van der Waals surface area contributed by atoms with Gasteiger partial charge in [-0.1, -0.05) is 11.3 Å². The molecule has 1 unspecified atom stereocenters. The Morgan fingerprint density at radius 2 is 1.48 bits per heavy atom. The fraction of sp³-hybridized carbons (Fsp3) is 0.571. The number of hydrogen-bond acceptors (Lipinski definition) is 11. The number of amides is 2. The molecule has 1 aromatic carbocycles. The van der Waals surface area contributed by atoms with Gasteiger partial charge in [-0.15, -0.1) is 10.2 Å². The summed E-state index contributed by atoms with van der Waals surface area (Å²) in [7, 11) is 0. The Balaban J connectivity index is 1.54. The highest BCUT2D eigenvalue weighted by molar-refractivity contribution is 7.15. The first kappa shape index (κ1) is 31.0. The van der Waals surface area contributed by atoms with Crippen LogP contribution in [0.1, 0.15) is 73.4 Å². The van der Waals surface area contributed by atoms with Crippen molar-refractivity contribution in [3.63, 3.8) is 0 Å². The van der Waals surface area contributed by atoms with E-state index in [9.17, 15) is 14.4 Å². The lowest BCUT2D eigenvalue weighted by atomic mass is 10.1. The molecule has 0 radical (unpaired) electrons. The van der Waals surface area contributed by atoms with Gasteiger partial charge in [-0.3, -0.25) is 4.90 Å². The molecule has 14 heteroatoms. The molecule has 228 valence electrons. The number of hydrogen-bond donors (Lipinski definition) is 1. The maximum atomic E-state index is 13.1. The average molecular weight is 602 g/mol. The van der Waals surface area contributed by atoms with E-state index in [1.54, 1.807) is 69.7 Å². The van der Waals surface area contributed by atoms with Crippen LogP contribution in [0.2, 0.25) is 0 Å². The molecule has 2 aromatic heterocycles. The number of carbonyl (C=O) groups excluding carboxylic acids is 3. The summed E-state index contributed by atoms with van der Waals surface area (Å²) in [4.78, 5) is 41.6. The van der Waals surface area contributed by atoms with Gasteiger partial charge in [0.2, 0.25) is 5.13 Å². The third-order valence-corrected chi connectivity index (χ3v) is 6.71. The summed E-state index contributed by atoms with van der Waals surface area (Å²) < 4.78 is 17.9. The van der Waals surface area contributed by atoms with E-state index < -0.39 is 41.1 Å². The van der Waals surface area contributed by atoms with Gasteiger partial charge in [-0.25, -0.2) is 14.4 Å². The van der Waals surface area contributed by atoms with Crippen LogP contribution >= 0.6 is 11.3 Å². The summed E-state index contributed by atoms with van der Waals surface area (Å²) in [5.74, 6) is 0. The van der Waals surface area contributed by atoms with Gasteiger partial charge in [0.1, 0.15) is 27.9 Å². The number of nitrogens with zero attached hydrogens (tertiary/aromatic N) is 6. The lowest BCUT2D eigenvalue weighted by molar-refractivity contribution is -0.0153. The summed E-state index contributed by atoms with van der Waals surface area (Å²) in [5.41, 5.74) is -0.678. The van der Waals surface area contributed by atoms with Gasteiger partial charge in [-0.2, -0.15) is 9.78 Å². The van der Waals surface area contributed by atoms with E-state index in [1.807, 2.05) is 26.8 Å². The van der Waals surface area contributed by atoms with Crippen LogP contribution in [0.3, 0.4) is 0 Å². The second-order valence-electron chi connectivity index (χ2n) is 13.0. The van der Waals surface area contributed by atoms with Gasteiger partial charge < -0.3 is 24.4 Å². The maximum Gasteiger partial charge on any atom is 0.435 e. The van der Waals surface area contributed by atoms with Crippen molar-refractivity contribution >= 4 is 51.3 Å². The van der Waals surface area contributed by atoms with Gasteiger partial charge in [0, 0.05) is 24.2 Å². The molecule has 3 heterocycles. The lowest BCUT2D eigenvalue weighted by Gasteiger charge is -2.40. The van der Waals surface area contributed by atoms with Crippen LogP contribution in [-0.2, 0) is 14.2 Å². The van der Waals surface area contributed by atoms with Crippen molar-refractivity contribution in [1.82, 2.24) is 29.8 Å². The molecule has 1 aliphatic heterocycles. The molecule has 1 saturated heterocycles. The van der Waals surface area contributed by atoms with Crippen molar-refractivity contribution in [2.24, 2.45) is 0 Å². The van der Waals surface area contributed by atoms with E-state index in [0.717, 1.165) is 5.39 Å². The molecule has 1 N–H and O–H groups in total. The van der Waals surface area contributed by atoms with Gasteiger partial charge in [0.25, 0.3) is 0 Å². The SMILES string of the molecule is CC(C)(C)OC(=O)N1CCN(C(=O)OC(C)(C)C)C(c2nnc(Nc3ccc4c(cnn4C(=O)OC(C)(C)C)c3)s2)C1. The van der Waals surface area contributed by atoms with E-state index in [2.05, 4.69) is 20.6 Å². The molecule has 13 nitrogen and oxygen atoms in total. The number of aromatic nitrogens is 4. The molecule has 42 heavy (non-hydrogen) atoms. The van der Waals surface area contributed by atoms with E-state index in [0.29, 0.717) is 27.9 Å². The standard InChI is InChI=1S/C28H39N7O6S/c1-26(2,3)39-23(36)33-12-13-34(24(37)40-27(4,5)6)20(16-33)21-31-32-22(42-21)30-18-10-11-19-17(14-18)15-29-35(19)25(38)41-28(7,8)9/h10-11,14-15,20H,12-13,16H2,1-9H3,(H,30,32). The summed E-state index contributed by atoms with van der Waals surface area (Å²) in [6, 6.07) is 4.82. The first-order valence-corrected chi connectivity index (χ1v) is 14.5. The normalized spacial score (nSPS) is 16.4. The Morgan fingerprint density at radius 3 is 2.12 bits per heavy atom. The predicted octanol–water partition coefficient (Wildman–Crippen LogP) is 5.94. The number of rotatable bonds is 3. The molecule has 1 aliphatic rings. The second kappa shape index (κ2) is 11.4. The van der Waals surface area contributed by atoms with Crippen LogP contribution in [0.25, 0.3) is 10.9 Å². The first-order chi connectivity index (χ1) is 19.4. The van der Waals surface area contributed by atoms with Crippen molar-refractivity contribution in [1.29, 1.82) is 0 Å². The third kappa shape index (κ3) is 7.87. The van der Waals surface area contributed by atoms with Crippen molar-refractivity contribution in [3.05, 3.63) is 29.4 Å². The van der Waals surface area contributed by atoms with Crippen LogP contribution in [0.5, 0.6) is 0 Å². The quantitative estimate of drug-likeness (QED) is 0.358. The molecule has 1 atom stereocenters. The average Bonchev–Trinajstić information content (AvgIpc) is 3.47. The van der Waals surface area contributed by atoms with Gasteiger partial charge in [0.15, 0.2) is 0 Å². The zero-order chi connectivity index (χ0) is 31.0. The molecule has 0 spiro atoms. The third-order valence-electron chi connectivity index (χ3n) is 5.77. The van der Waals surface area contributed by atoms with Crippen molar-refractivity contribution in [2.45, 2.75) is 85.2 Å². The number of piperazine rings is 1. The van der Waals surface area contributed by atoms with Crippen molar-refractivity contribution < 1.29 is 28.6 Å². The molecule has 0 bridgehead atoms. The maximum absolute atomic E-state index is 13.1. The number of carbonyl (C=O) groups is 3. The molecule has 4 rings (SSSR count). The monoisotopic (exact) mass is 601 g/mol. The minimum absolute atomic E-state index is 0.179. The summed E-state index contributed by atoms with van der Waals surface area (Å²) >= 11 is 1.27. The Morgan fingerprint density at radius 1 is 0.857 bits per heavy atom. The highest BCUT2D eigenvalue weighted by Crippen LogP contribution is 2.33. The fourth-order valence-corrected chi connectivity index (χ4v) is 5.00. The van der Waals surface area contributed by atoms with Gasteiger partial charge in [0.05, 0.1) is 18.3 Å². The Labute approximate surface area is 249 Å². The number of ether oxygens (including phenoxy) is 3. The van der Waals surface area contributed by atoms with Crippen LogP contribution < -0.4 is 5.32 Å². The minimum Gasteiger partial charge on any atom is -0.444 e. The highest BCUT2D eigenvalue weighted by atomic mass is 32.1. The van der Waals surface area contributed by atoms with Gasteiger partial charge >= 0.3 is 18.3 Å². The van der Waals surface area contributed by atoms with Gasteiger partial charge in [-0.05, 0) is 80.5 Å². The summed E-state index contributed by atoms with van der Waals surface area (Å²) in [6.07, 6.45) is 0.0736. The smallest absolute Gasteiger partial charge is 0.435 e. The minimum atomic E-state index is -0.687. The Kier molecular flexibility index (Phi) is 8.40. The van der Waals surface area contributed by atoms with Crippen LogP contribution in [0.15, 0.2) is 24.4 Å². The largest absolute Gasteiger partial charge is 0.444 e. The summed E-state index contributed by atoms with van der Waals surface area (Å²) in [5, 5.41) is 17.8. The predicted molar refractivity (Wildman–Crippen MR) is 158 cm³/mol.